The van der Waals surface area contributed by atoms with Gasteiger partial charge in [0, 0.05) is 13.1 Å². The monoisotopic (exact) mass is 302 g/mol. The summed E-state index contributed by atoms with van der Waals surface area (Å²) in [5.41, 5.74) is 0.0696. The Labute approximate surface area is 120 Å². The van der Waals surface area contributed by atoms with Crippen LogP contribution in [-0.4, -0.2) is 40.0 Å². The van der Waals surface area contributed by atoms with Gasteiger partial charge >= 0.3 is 5.97 Å². The first-order valence-corrected chi connectivity index (χ1v) is 6.58. The number of carbonyl (C=O) groups is 2. The van der Waals surface area contributed by atoms with Crippen molar-refractivity contribution in [2.75, 3.05) is 13.1 Å². The molecule has 0 saturated carbocycles. The number of aromatic nitrogens is 1. The summed E-state index contributed by atoms with van der Waals surface area (Å²) >= 11 is 11.7. The minimum absolute atomic E-state index is 0.0696. The van der Waals surface area contributed by atoms with Crippen LogP contribution in [0.5, 0.6) is 0 Å². The lowest BCUT2D eigenvalue weighted by Gasteiger charge is -2.30. The fourth-order valence-corrected chi connectivity index (χ4v) is 2.41. The molecule has 1 atom stereocenters. The predicted octanol–water partition coefficient (Wildman–Crippen LogP) is 2.33. The van der Waals surface area contributed by atoms with Gasteiger partial charge in [-0.3, -0.25) is 9.59 Å². The number of carboxylic acid groups (broad SMARTS) is 1. The van der Waals surface area contributed by atoms with Gasteiger partial charge < -0.3 is 10.0 Å². The van der Waals surface area contributed by atoms with Crippen molar-refractivity contribution in [1.82, 2.24) is 9.88 Å². The molecule has 1 aliphatic rings. The molecule has 1 aromatic heterocycles. The predicted molar refractivity (Wildman–Crippen MR) is 70.5 cm³/mol. The molecule has 2 heterocycles. The van der Waals surface area contributed by atoms with Crippen molar-refractivity contribution >= 4 is 35.1 Å². The fourth-order valence-electron chi connectivity index (χ4n) is 2.08. The molecule has 1 fully saturated rings. The molecular formula is C12H12Cl2N2O3. The number of carbonyl (C=O) groups excluding carboxylic acids is 1. The Kier molecular flexibility index (Phi) is 4.27. The maximum absolute atomic E-state index is 12.3. The van der Waals surface area contributed by atoms with E-state index < -0.39 is 11.9 Å². The molecule has 0 radical (unpaired) electrons. The zero-order chi connectivity index (χ0) is 14.0. The Morgan fingerprint density at radius 1 is 1.37 bits per heavy atom. The summed E-state index contributed by atoms with van der Waals surface area (Å²) in [6.07, 6.45) is 1.23. The maximum atomic E-state index is 12.3. The van der Waals surface area contributed by atoms with Gasteiger partial charge in [-0.05, 0) is 25.0 Å². The highest BCUT2D eigenvalue weighted by Gasteiger charge is 2.30. The van der Waals surface area contributed by atoms with Crippen LogP contribution in [0, 0.1) is 5.92 Å². The van der Waals surface area contributed by atoms with Crippen LogP contribution >= 0.6 is 23.2 Å². The number of pyridine rings is 1. The number of hydrogen-bond acceptors (Lipinski definition) is 3. The van der Waals surface area contributed by atoms with Gasteiger partial charge in [-0.15, -0.1) is 0 Å². The molecule has 2 rings (SSSR count). The minimum atomic E-state index is -0.886. The first kappa shape index (κ1) is 14.1. The van der Waals surface area contributed by atoms with Gasteiger partial charge in [0.25, 0.3) is 5.91 Å². The van der Waals surface area contributed by atoms with E-state index in [0.29, 0.717) is 19.4 Å². The first-order chi connectivity index (χ1) is 8.99. The second-order valence-electron chi connectivity index (χ2n) is 4.39. The molecule has 1 amide bonds. The summed E-state index contributed by atoms with van der Waals surface area (Å²) in [5, 5.41) is 9.40. The first-order valence-electron chi connectivity index (χ1n) is 5.83. The van der Waals surface area contributed by atoms with E-state index in [1.165, 1.54) is 17.0 Å². The Morgan fingerprint density at radius 3 is 2.79 bits per heavy atom. The number of piperidine rings is 1. The smallest absolute Gasteiger partial charge is 0.308 e. The lowest BCUT2D eigenvalue weighted by atomic mass is 9.98. The van der Waals surface area contributed by atoms with Crippen molar-refractivity contribution in [3.8, 4) is 0 Å². The van der Waals surface area contributed by atoms with Crippen LogP contribution in [-0.2, 0) is 4.79 Å². The van der Waals surface area contributed by atoms with Crippen LogP contribution < -0.4 is 0 Å². The van der Waals surface area contributed by atoms with E-state index >= 15 is 0 Å². The largest absolute Gasteiger partial charge is 0.481 e. The van der Waals surface area contributed by atoms with Crippen LogP contribution in [0.15, 0.2) is 12.1 Å². The number of amides is 1. The number of hydrogen-bond donors (Lipinski definition) is 1. The summed E-state index contributed by atoms with van der Waals surface area (Å²) in [6, 6.07) is 3.00. The third-order valence-electron chi connectivity index (χ3n) is 3.07. The van der Waals surface area contributed by atoms with Gasteiger partial charge in [0.15, 0.2) is 0 Å². The molecular weight excluding hydrogens is 291 g/mol. The molecule has 1 aromatic rings. The Balaban J connectivity index is 2.19. The van der Waals surface area contributed by atoms with Gasteiger partial charge in [0.2, 0.25) is 0 Å². The summed E-state index contributed by atoms with van der Waals surface area (Å²) in [4.78, 5) is 28.6. The molecule has 0 bridgehead atoms. The molecule has 7 heteroatoms. The van der Waals surface area contributed by atoms with Gasteiger partial charge in [-0.2, -0.15) is 0 Å². The third kappa shape index (κ3) is 3.16. The third-order valence-corrected chi connectivity index (χ3v) is 3.59. The summed E-state index contributed by atoms with van der Waals surface area (Å²) < 4.78 is 0. The van der Waals surface area contributed by atoms with Crippen molar-refractivity contribution in [1.29, 1.82) is 0 Å². The average molecular weight is 303 g/mol. The summed E-state index contributed by atoms with van der Waals surface area (Å²) in [6.45, 7) is 0.686. The van der Waals surface area contributed by atoms with Crippen LogP contribution in [0.1, 0.15) is 23.3 Å². The van der Waals surface area contributed by atoms with Crippen molar-refractivity contribution in [3.63, 3.8) is 0 Å². The number of carboxylic acids is 1. The highest BCUT2D eigenvalue weighted by molar-refractivity contribution is 6.34. The zero-order valence-corrected chi connectivity index (χ0v) is 11.5. The zero-order valence-electron chi connectivity index (χ0n) is 9.97. The second kappa shape index (κ2) is 5.75. The van der Waals surface area contributed by atoms with E-state index in [2.05, 4.69) is 4.98 Å². The molecule has 1 saturated heterocycles. The number of likely N-dealkylation sites (tertiary alicyclic amines) is 1. The number of aliphatic carboxylic acids is 1. The van der Waals surface area contributed by atoms with E-state index in [9.17, 15) is 9.59 Å². The van der Waals surface area contributed by atoms with E-state index in [0.717, 1.165) is 0 Å². The number of nitrogens with zero attached hydrogens (tertiary/aromatic N) is 2. The van der Waals surface area contributed by atoms with Gasteiger partial charge in [-0.25, -0.2) is 4.98 Å². The van der Waals surface area contributed by atoms with E-state index in [1.54, 1.807) is 0 Å². The number of rotatable bonds is 2. The average Bonchev–Trinajstić information content (AvgIpc) is 2.41. The minimum Gasteiger partial charge on any atom is -0.481 e. The van der Waals surface area contributed by atoms with Crippen LogP contribution in [0.2, 0.25) is 10.2 Å². The second-order valence-corrected chi connectivity index (χ2v) is 5.19. The van der Waals surface area contributed by atoms with E-state index in [-0.39, 0.29) is 28.3 Å². The quantitative estimate of drug-likeness (QED) is 0.851. The number of halogens is 2. The lowest BCUT2D eigenvalue weighted by molar-refractivity contribution is -0.143. The molecule has 19 heavy (non-hydrogen) atoms. The SMILES string of the molecule is O=C(O)[C@@H]1CCCN(C(=O)c2nc(Cl)ccc2Cl)C1. The molecule has 1 aliphatic heterocycles. The van der Waals surface area contributed by atoms with E-state index in [4.69, 9.17) is 28.3 Å². The topological polar surface area (TPSA) is 70.5 Å². The molecule has 102 valence electrons. The van der Waals surface area contributed by atoms with Crippen molar-refractivity contribution in [2.45, 2.75) is 12.8 Å². The Hall–Kier alpha value is -1.33. The van der Waals surface area contributed by atoms with Crippen molar-refractivity contribution in [2.24, 2.45) is 5.92 Å². The maximum Gasteiger partial charge on any atom is 0.308 e. The molecule has 0 aliphatic carbocycles. The molecule has 5 nitrogen and oxygen atoms in total. The lowest BCUT2D eigenvalue weighted by Crippen LogP contribution is -2.42. The normalized spacial score (nSPS) is 19.3. The van der Waals surface area contributed by atoms with Gasteiger partial charge in [0.05, 0.1) is 10.9 Å². The fraction of sp³-hybridized carbons (Fsp3) is 0.417. The highest BCUT2D eigenvalue weighted by atomic mass is 35.5. The van der Waals surface area contributed by atoms with Gasteiger partial charge in [-0.1, -0.05) is 23.2 Å². The molecule has 0 spiro atoms. The summed E-state index contributed by atoms with van der Waals surface area (Å²) in [5.74, 6) is -1.79. The van der Waals surface area contributed by atoms with Crippen molar-refractivity contribution in [3.05, 3.63) is 28.0 Å². The Morgan fingerprint density at radius 2 is 2.11 bits per heavy atom. The molecule has 0 unspecified atom stereocenters. The van der Waals surface area contributed by atoms with Crippen molar-refractivity contribution < 1.29 is 14.7 Å². The highest BCUT2D eigenvalue weighted by Crippen LogP contribution is 2.22. The van der Waals surface area contributed by atoms with E-state index in [1.807, 2.05) is 0 Å². The molecule has 1 N–H and O–H groups in total. The van der Waals surface area contributed by atoms with Crippen LogP contribution in [0.25, 0.3) is 0 Å². The van der Waals surface area contributed by atoms with Gasteiger partial charge in [0.1, 0.15) is 10.8 Å². The Bertz CT molecular complexity index is 522. The van der Waals surface area contributed by atoms with Crippen LogP contribution in [0.4, 0.5) is 0 Å². The molecule has 0 aromatic carbocycles. The van der Waals surface area contributed by atoms with Crippen LogP contribution in [0.3, 0.4) is 0 Å². The summed E-state index contributed by atoms with van der Waals surface area (Å²) in [7, 11) is 0. The standard InChI is InChI=1S/C12H12Cl2N2O3/c13-8-3-4-9(14)15-10(8)11(17)16-5-1-2-7(6-16)12(18)19/h3-4,7H,1-2,5-6H2,(H,18,19)/t7-/m1/s1.